The maximum atomic E-state index is 13.4. The molecule has 4 rings (SSSR count). The molecule has 3 aromatic carbocycles. The number of fused-ring (bicyclic) bond motifs is 1. The number of rotatable bonds is 7. The van der Waals surface area contributed by atoms with Gasteiger partial charge in [-0.05, 0) is 61.2 Å². The smallest absolute Gasteiger partial charge is 0.251 e. The molecule has 1 amide bonds. The van der Waals surface area contributed by atoms with Crippen molar-refractivity contribution in [1.82, 2.24) is 19.6 Å². The molecule has 1 aromatic heterocycles. The number of carbonyl (C=O) groups excluding carboxylic acids is 1. The lowest BCUT2D eigenvalue weighted by atomic mass is 10.0. The number of hydrogen-bond donors (Lipinski definition) is 2. The fourth-order valence-corrected chi connectivity index (χ4v) is 5.08. The number of imidazole rings is 1. The Morgan fingerprint density at radius 1 is 1.03 bits per heavy atom. The number of amides is 1. The van der Waals surface area contributed by atoms with E-state index in [1.807, 2.05) is 61.5 Å². The van der Waals surface area contributed by atoms with Crippen LogP contribution >= 0.6 is 0 Å². The van der Waals surface area contributed by atoms with Crippen LogP contribution in [0.15, 0.2) is 71.6 Å². The van der Waals surface area contributed by atoms with E-state index in [1.165, 1.54) is 20.2 Å². The van der Waals surface area contributed by atoms with Crippen molar-refractivity contribution in [3.05, 3.63) is 94.8 Å². The van der Waals surface area contributed by atoms with Gasteiger partial charge in [0.2, 0.25) is 10.0 Å². The fraction of sp³-hybridized carbons (Fsp3) is 0.231. The van der Waals surface area contributed by atoms with Crippen LogP contribution < -0.4 is 5.32 Å². The summed E-state index contributed by atoms with van der Waals surface area (Å²) < 4.78 is 26.8. The Morgan fingerprint density at radius 3 is 2.38 bits per heavy atom. The number of carbonyl (C=O) groups is 1. The number of nitrogens with zero attached hydrogens (tertiary/aromatic N) is 2. The van der Waals surface area contributed by atoms with E-state index >= 15 is 0 Å². The van der Waals surface area contributed by atoms with Gasteiger partial charge in [0.05, 0.1) is 22.0 Å². The number of H-pyrrole nitrogens is 1. The standard InChI is InChI=1S/C26H28N4O3S/c1-17-14-20(16-24(18(17)2)34(32,33)30(3)4)26(31)29-23(15-19-10-6-5-7-11-19)25-27-21-12-8-9-13-22(21)28-25/h5-14,16,23H,15H2,1-4H3,(H,27,28)(H,29,31)/t23-/m0/s1. The first-order chi connectivity index (χ1) is 16.2. The molecular formula is C26H28N4O3S. The zero-order valence-electron chi connectivity index (χ0n) is 19.7. The molecular weight excluding hydrogens is 448 g/mol. The third-order valence-corrected chi connectivity index (χ3v) is 7.91. The second kappa shape index (κ2) is 9.40. The molecule has 0 aliphatic rings. The van der Waals surface area contributed by atoms with Crippen molar-refractivity contribution >= 4 is 27.0 Å². The highest BCUT2D eigenvalue weighted by Crippen LogP contribution is 2.25. The molecule has 0 aliphatic heterocycles. The van der Waals surface area contributed by atoms with E-state index in [2.05, 4.69) is 10.3 Å². The monoisotopic (exact) mass is 476 g/mol. The number of aryl methyl sites for hydroxylation is 1. The summed E-state index contributed by atoms with van der Waals surface area (Å²) in [5, 5.41) is 3.07. The second-order valence-corrected chi connectivity index (χ2v) is 10.7. The van der Waals surface area contributed by atoms with E-state index in [0.29, 0.717) is 17.8 Å². The number of sulfonamides is 1. The summed E-state index contributed by atoms with van der Waals surface area (Å²) in [6, 6.07) is 20.3. The number of aromatic nitrogens is 2. The minimum Gasteiger partial charge on any atom is -0.342 e. The summed E-state index contributed by atoms with van der Waals surface area (Å²) in [6.45, 7) is 3.56. The quantitative estimate of drug-likeness (QED) is 0.419. The second-order valence-electron chi connectivity index (χ2n) is 8.56. The molecule has 7 nitrogen and oxygen atoms in total. The Hall–Kier alpha value is -3.49. The van der Waals surface area contributed by atoms with Crippen molar-refractivity contribution in [2.45, 2.75) is 31.2 Å². The van der Waals surface area contributed by atoms with E-state index in [1.54, 1.807) is 13.0 Å². The van der Waals surface area contributed by atoms with Gasteiger partial charge in [-0.25, -0.2) is 17.7 Å². The van der Waals surface area contributed by atoms with E-state index < -0.39 is 16.1 Å². The van der Waals surface area contributed by atoms with Crippen LogP contribution in [-0.2, 0) is 16.4 Å². The Bertz CT molecular complexity index is 1410. The minimum atomic E-state index is -3.70. The van der Waals surface area contributed by atoms with Gasteiger partial charge in [0.1, 0.15) is 5.82 Å². The van der Waals surface area contributed by atoms with Crippen molar-refractivity contribution in [2.24, 2.45) is 0 Å². The lowest BCUT2D eigenvalue weighted by Gasteiger charge is -2.19. The molecule has 1 heterocycles. The van der Waals surface area contributed by atoms with Crippen LogP contribution in [0.25, 0.3) is 11.0 Å². The average molecular weight is 477 g/mol. The summed E-state index contributed by atoms with van der Waals surface area (Å²) in [6.07, 6.45) is 0.528. The normalized spacial score (nSPS) is 12.7. The van der Waals surface area contributed by atoms with Gasteiger partial charge in [0, 0.05) is 19.7 Å². The Balaban J connectivity index is 1.71. The molecule has 0 bridgehead atoms. The average Bonchev–Trinajstić information content (AvgIpc) is 3.25. The van der Waals surface area contributed by atoms with E-state index in [4.69, 9.17) is 4.98 Å². The first kappa shape index (κ1) is 23.7. The molecule has 0 unspecified atom stereocenters. The first-order valence-electron chi connectivity index (χ1n) is 11.0. The highest BCUT2D eigenvalue weighted by atomic mass is 32.2. The Labute approximate surface area is 199 Å². The molecule has 0 radical (unpaired) electrons. The summed E-state index contributed by atoms with van der Waals surface area (Å²) in [5.41, 5.74) is 4.40. The molecule has 4 aromatic rings. The number of benzene rings is 3. The van der Waals surface area contributed by atoms with Gasteiger partial charge in [-0.3, -0.25) is 4.79 Å². The maximum Gasteiger partial charge on any atom is 0.251 e. The highest BCUT2D eigenvalue weighted by molar-refractivity contribution is 7.89. The topological polar surface area (TPSA) is 95.2 Å². The van der Waals surface area contributed by atoms with E-state index in [0.717, 1.165) is 26.5 Å². The minimum absolute atomic E-state index is 0.131. The molecule has 34 heavy (non-hydrogen) atoms. The van der Waals surface area contributed by atoms with Crippen LogP contribution in [0.1, 0.15) is 38.9 Å². The SMILES string of the molecule is Cc1cc(C(=O)N[C@@H](Cc2ccccc2)c2nc3ccccc3[nH]2)cc(S(=O)(=O)N(C)C)c1C. The number of aromatic amines is 1. The number of nitrogens with one attached hydrogen (secondary N) is 2. The molecule has 176 valence electrons. The van der Waals surface area contributed by atoms with Crippen LogP contribution in [-0.4, -0.2) is 42.7 Å². The lowest BCUT2D eigenvalue weighted by Crippen LogP contribution is -2.31. The van der Waals surface area contributed by atoms with Gasteiger partial charge < -0.3 is 10.3 Å². The highest BCUT2D eigenvalue weighted by Gasteiger charge is 2.25. The third kappa shape index (κ3) is 4.73. The Kier molecular flexibility index (Phi) is 6.54. The van der Waals surface area contributed by atoms with E-state index in [9.17, 15) is 13.2 Å². The van der Waals surface area contributed by atoms with Gasteiger partial charge >= 0.3 is 0 Å². The van der Waals surface area contributed by atoms with Crippen molar-refractivity contribution < 1.29 is 13.2 Å². The van der Waals surface area contributed by atoms with Crippen molar-refractivity contribution in [1.29, 1.82) is 0 Å². The number of para-hydroxylation sites is 2. The van der Waals surface area contributed by atoms with Crippen molar-refractivity contribution in [3.8, 4) is 0 Å². The van der Waals surface area contributed by atoms with E-state index in [-0.39, 0.29) is 16.4 Å². The molecule has 0 saturated carbocycles. The van der Waals surface area contributed by atoms with Gasteiger partial charge in [-0.1, -0.05) is 42.5 Å². The van der Waals surface area contributed by atoms with Crippen molar-refractivity contribution in [2.75, 3.05) is 14.1 Å². The largest absolute Gasteiger partial charge is 0.342 e. The molecule has 0 fully saturated rings. The molecule has 1 atom stereocenters. The fourth-order valence-electron chi connectivity index (χ4n) is 3.87. The predicted octanol–water partition coefficient (Wildman–Crippen LogP) is 4.14. The molecule has 8 heteroatoms. The van der Waals surface area contributed by atoms with Crippen LogP contribution in [0.3, 0.4) is 0 Å². The van der Waals surface area contributed by atoms with Crippen LogP contribution in [0.5, 0.6) is 0 Å². The van der Waals surface area contributed by atoms with Gasteiger partial charge in [-0.2, -0.15) is 0 Å². The van der Waals surface area contributed by atoms with Gasteiger partial charge in [0.15, 0.2) is 0 Å². The summed E-state index contributed by atoms with van der Waals surface area (Å²) >= 11 is 0. The predicted molar refractivity (Wildman–Crippen MR) is 133 cm³/mol. The maximum absolute atomic E-state index is 13.4. The van der Waals surface area contributed by atoms with Crippen LogP contribution in [0.4, 0.5) is 0 Å². The van der Waals surface area contributed by atoms with Gasteiger partial charge in [0.25, 0.3) is 5.91 Å². The third-order valence-electron chi connectivity index (χ3n) is 5.97. The Morgan fingerprint density at radius 2 is 1.71 bits per heavy atom. The van der Waals surface area contributed by atoms with Crippen LogP contribution in [0.2, 0.25) is 0 Å². The molecule has 0 spiro atoms. The summed E-state index contributed by atoms with van der Waals surface area (Å²) in [5.74, 6) is 0.281. The van der Waals surface area contributed by atoms with Crippen LogP contribution in [0, 0.1) is 13.8 Å². The molecule has 0 saturated heterocycles. The number of hydrogen-bond acceptors (Lipinski definition) is 4. The first-order valence-corrected chi connectivity index (χ1v) is 12.4. The van der Waals surface area contributed by atoms with Gasteiger partial charge in [-0.15, -0.1) is 0 Å². The molecule has 2 N–H and O–H groups in total. The zero-order valence-corrected chi connectivity index (χ0v) is 20.5. The van der Waals surface area contributed by atoms with Crippen molar-refractivity contribution in [3.63, 3.8) is 0 Å². The zero-order chi connectivity index (χ0) is 24.5. The summed E-state index contributed by atoms with van der Waals surface area (Å²) in [7, 11) is -0.737. The summed E-state index contributed by atoms with van der Waals surface area (Å²) in [4.78, 5) is 21.5. The lowest BCUT2D eigenvalue weighted by molar-refractivity contribution is 0.0934. The molecule has 0 aliphatic carbocycles.